The summed E-state index contributed by atoms with van der Waals surface area (Å²) in [7, 11) is 0. The third-order valence-electron chi connectivity index (χ3n) is 2.89. The smallest absolute Gasteiger partial charge is 0.276 e. The summed E-state index contributed by atoms with van der Waals surface area (Å²) in [6.07, 6.45) is 0.0498. The lowest BCUT2D eigenvalue weighted by Gasteiger charge is -2.01. The van der Waals surface area contributed by atoms with E-state index >= 15 is 0 Å². The Labute approximate surface area is 145 Å². The van der Waals surface area contributed by atoms with Gasteiger partial charge in [-0.15, -0.1) is 22.7 Å². The minimum atomic E-state index is -0.464. The largest absolute Gasteiger partial charge is 0.369 e. The number of primary amides is 1. The SMILES string of the molecule is NC(=O)Cc1csc(NC(=O)c2csc(Nc3ccccc3)n2)n1. The van der Waals surface area contributed by atoms with Crippen LogP contribution in [0.3, 0.4) is 0 Å². The van der Waals surface area contributed by atoms with Crippen LogP contribution >= 0.6 is 22.7 Å². The summed E-state index contributed by atoms with van der Waals surface area (Å²) in [5.74, 6) is -0.818. The van der Waals surface area contributed by atoms with E-state index in [9.17, 15) is 9.59 Å². The number of thiazole rings is 2. The van der Waals surface area contributed by atoms with Crippen LogP contribution in [0.15, 0.2) is 41.1 Å². The molecule has 3 rings (SSSR count). The second kappa shape index (κ2) is 7.20. The molecule has 7 nitrogen and oxygen atoms in total. The maximum atomic E-state index is 12.2. The van der Waals surface area contributed by atoms with Gasteiger partial charge in [-0.25, -0.2) is 9.97 Å². The van der Waals surface area contributed by atoms with Gasteiger partial charge in [-0.2, -0.15) is 0 Å². The normalized spacial score (nSPS) is 10.3. The summed E-state index contributed by atoms with van der Waals surface area (Å²) in [5, 5.41) is 10.2. The van der Waals surface area contributed by atoms with Crippen molar-refractivity contribution in [2.75, 3.05) is 10.6 Å². The van der Waals surface area contributed by atoms with Crippen LogP contribution in [0, 0.1) is 0 Å². The van der Waals surface area contributed by atoms with Crippen molar-refractivity contribution in [1.82, 2.24) is 9.97 Å². The van der Waals surface area contributed by atoms with E-state index in [0.717, 1.165) is 5.69 Å². The lowest BCUT2D eigenvalue weighted by molar-refractivity contribution is -0.117. The van der Waals surface area contributed by atoms with E-state index < -0.39 is 5.91 Å². The number of amides is 2. The summed E-state index contributed by atoms with van der Waals surface area (Å²) >= 11 is 2.57. The van der Waals surface area contributed by atoms with Gasteiger partial charge in [-0.1, -0.05) is 18.2 Å². The van der Waals surface area contributed by atoms with Gasteiger partial charge in [0.2, 0.25) is 5.91 Å². The molecule has 0 spiro atoms. The van der Waals surface area contributed by atoms with Crippen LogP contribution in [0.25, 0.3) is 0 Å². The van der Waals surface area contributed by atoms with Crippen molar-refractivity contribution < 1.29 is 9.59 Å². The third kappa shape index (κ3) is 4.15. The van der Waals surface area contributed by atoms with Gasteiger partial charge >= 0.3 is 0 Å². The van der Waals surface area contributed by atoms with Gasteiger partial charge < -0.3 is 11.1 Å². The molecule has 0 aliphatic heterocycles. The van der Waals surface area contributed by atoms with Crippen molar-refractivity contribution in [3.05, 3.63) is 52.5 Å². The Kier molecular flexibility index (Phi) is 4.82. The maximum absolute atomic E-state index is 12.2. The zero-order chi connectivity index (χ0) is 16.9. The lowest BCUT2D eigenvalue weighted by atomic mass is 10.3. The molecule has 2 amide bonds. The summed E-state index contributed by atoms with van der Waals surface area (Å²) < 4.78 is 0. The Hall–Kier alpha value is -2.78. The molecule has 0 radical (unpaired) electrons. The van der Waals surface area contributed by atoms with Crippen molar-refractivity contribution in [3.63, 3.8) is 0 Å². The average molecular weight is 359 g/mol. The Morgan fingerprint density at radius 3 is 2.54 bits per heavy atom. The Morgan fingerprint density at radius 2 is 1.79 bits per heavy atom. The van der Waals surface area contributed by atoms with Crippen molar-refractivity contribution in [3.8, 4) is 0 Å². The molecule has 0 saturated carbocycles. The number of nitrogens with zero attached hydrogens (tertiary/aromatic N) is 2. The van der Waals surface area contributed by atoms with Crippen LogP contribution in [0.5, 0.6) is 0 Å². The molecule has 0 aliphatic carbocycles. The van der Waals surface area contributed by atoms with E-state index in [1.54, 1.807) is 10.8 Å². The number of hydrogen-bond donors (Lipinski definition) is 3. The van der Waals surface area contributed by atoms with E-state index in [-0.39, 0.29) is 12.3 Å². The maximum Gasteiger partial charge on any atom is 0.276 e. The topological polar surface area (TPSA) is 110 Å². The summed E-state index contributed by atoms with van der Waals surface area (Å²) in [5.41, 5.74) is 6.84. The quantitative estimate of drug-likeness (QED) is 0.627. The van der Waals surface area contributed by atoms with Gasteiger partial charge in [0.05, 0.1) is 12.1 Å². The number of carbonyl (C=O) groups excluding carboxylic acids is 2. The van der Waals surface area contributed by atoms with Gasteiger partial charge in [0.15, 0.2) is 10.3 Å². The van der Waals surface area contributed by atoms with Gasteiger partial charge in [-0.3, -0.25) is 14.9 Å². The second-order valence-electron chi connectivity index (χ2n) is 4.77. The van der Waals surface area contributed by atoms with E-state index in [0.29, 0.717) is 21.7 Å². The summed E-state index contributed by atoms with van der Waals surface area (Å²) in [4.78, 5) is 31.4. The highest BCUT2D eigenvalue weighted by Gasteiger charge is 2.13. The van der Waals surface area contributed by atoms with Crippen molar-refractivity contribution >= 4 is 50.4 Å². The van der Waals surface area contributed by atoms with E-state index in [1.165, 1.54) is 22.7 Å². The van der Waals surface area contributed by atoms with Crippen LogP contribution in [0.1, 0.15) is 16.2 Å². The number of carbonyl (C=O) groups is 2. The highest BCUT2D eigenvalue weighted by Crippen LogP contribution is 2.22. The molecule has 4 N–H and O–H groups in total. The molecule has 24 heavy (non-hydrogen) atoms. The number of para-hydroxylation sites is 1. The molecule has 9 heteroatoms. The van der Waals surface area contributed by atoms with Crippen molar-refractivity contribution in [2.24, 2.45) is 5.73 Å². The van der Waals surface area contributed by atoms with Crippen LogP contribution in [0.2, 0.25) is 0 Å². The van der Waals surface area contributed by atoms with E-state index in [1.807, 2.05) is 30.3 Å². The predicted molar refractivity (Wildman–Crippen MR) is 94.8 cm³/mol. The summed E-state index contributed by atoms with van der Waals surface area (Å²) in [6.45, 7) is 0. The molecule has 0 aliphatic rings. The molecule has 2 heterocycles. The highest BCUT2D eigenvalue weighted by molar-refractivity contribution is 7.14. The molecule has 0 fully saturated rings. The number of hydrogen-bond acceptors (Lipinski definition) is 7. The molecular weight excluding hydrogens is 346 g/mol. The van der Waals surface area contributed by atoms with Crippen LogP contribution in [0.4, 0.5) is 16.0 Å². The zero-order valence-electron chi connectivity index (χ0n) is 12.4. The highest BCUT2D eigenvalue weighted by atomic mass is 32.1. The zero-order valence-corrected chi connectivity index (χ0v) is 14.0. The fraction of sp³-hybridized carbons (Fsp3) is 0.0667. The number of nitrogens with one attached hydrogen (secondary N) is 2. The van der Waals surface area contributed by atoms with Gasteiger partial charge in [0, 0.05) is 16.4 Å². The van der Waals surface area contributed by atoms with Crippen LogP contribution < -0.4 is 16.4 Å². The standard InChI is InChI=1S/C15H13N5O2S2/c16-12(21)6-10-7-23-15(18-10)20-13(22)11-8-24-14(19-11)17-9-4-2-1-3-5-9/h1-5,7-8H,6H2,(H2,16,21)(H,17,19)(H,18,20,22). The monoisotopic (exact) mass is 359 g/mol. The van der Waals surface area contributed by atoms with Crippen LogP contribution in [-0.4, -0.2) is 21.8 Å². The fourth-order valence-corrected chi connectivity index (χ4v) is 3.28. The molecule has 0 saturated heterocycles. The fourth-order valence-electron chi connectivity index (χ4n) is 1.87. The lowest BCUT2D eigenvalue weighted by Crippen LogP contribution is -2.14. The minimum absolute atomic E-state index is 0.0498. The third-order valence-corrected chi connectivity index (χ3v) is 4.45. The van der Waals surface area contributed by atoms with E-state index in [4.69, 9.17) is 5.73 Å². The van der Waals surface area contributed by atoms with Gasteiger partial charge in [0.25, 0.3) is 5.91 Å². The molecule has 1 aromatic carbocycles. The molecule has 2 aromatic heterocycles. The Balaban J connectivity index is 1.63. The number of nitrogens with two attached hydrogens (primary N) is 1. The molecular formula is C15H13N5O2S2. The second-order valence-corrected chi connectivity index (χ2v) is 6.49. The number of rotatable bonds is 6. The molecule has 3 aromatic rings. The first-order valence-electron chi connectivity index (χ1n) is 6.92. The van der Waals surface area contributed by atoms with Gasteiger partial charge in [0.1, 0.15) is 5.69 Å². The van der Waals surface area contributed by atoms with Crippen LogP contribution in [-0.2, 0) is 11.2 Å². The number of aromatic nitrogens is 2. The van der Waals surface area contributed by atoms with Gasteiger partial charge in [-0.05, 0) is 12.1 Å². The number of anilines is 3. The Morgan fingerprint density at radius 1 is 1.04 bits per heavy atom. The van der Waals surface area contributed by atoms with Crippen molar-refractivity contribution in [1.29, 1.82) is 0 Å². The Bertz CT molecular complexity index is 860. The molecule has 0 bridgehead atoms. The molecule has 0 unspecified atom stereocenters. The first-order chi connectivity index (χ1) is 11.6. The first-order valence-corrected chi connectivity index (χ1v) is 8.68. The average Bonchev–Trinajstić information content (AvgIpc) is 3.17. The summed E-state index contributed by atoms with van der Waals surface area (Å²) in [6, 6.07) is 9.58. The predicted octanol–water partition coefficient (Wildman–Crippen LogP) is 2.62. The molecule has 0 atom stereocenters. The van der Waals surface area contributed by atoms with Crippen molar-refractivity contribution in [2.45, 2.75) is 6.42 Å². The van der Waals surface area contributed by atoms with E-state index in [2.05, 4.69) is 20.6 Å². The molecule has 122 valence electrons. The first kappa shape index (κ1) is 16.1. The number of benzene rings is 1. The minimum Gasteiger partial charge on any atom is -0.369 e.